The Kier molecular flexibility index (Phi) is 5.00. The molecule has 1 N–H and O–H groups in total. The number of anilines is 1. The maximum Gasteiger partial charge on any atom is 0.343 e. The lowest BCUT2D eigenvalue weighted by molar-refractivity contribution is -0.142. The Morgan fingerprint density at radius 1 is 1.05 bits per heavy atom. The molecular weight excluding hydrogens is 306 g/mol. The molecular formula is C15H15NO5S. The van der Waals surface area contributed by atoms with Crippen LogP contribution in [0.5, 0.6) is 5.75 Å². The zero-order valence-electron chi connectivity index (χ0n) is 11.9. The number of benzene rings is 2. The summed E-state index contributed by atoms with van der Waals surface area (Å²) in [4.78, 5) is 11.1. The molecule has 0 aliphatic carbocycles. The SMILES string of the molecule is COC(=O)COc1ccc(S(=O)(=O)Nc2ccccc2)cc1. The quantitative estimate of drug-likeness (QED) is 0.823. The van der Waals surface area contributed by atoms with Gasteiger partial charge in [0.1, 0.15) is 5.75 Å². The minimum Gasteiger partial charge on any atom is -0.482 e. The first-order chi connectivity index (χ1) is 10.5. The molecule has 0 aromatic heterocycles. The number of sulfonamides is 1. The number of hydrogen-bond acceptors (Lipinski definition) is 5. The molecule has 2 rings (SSSR count). The molecule has 22 heavy (non-hydrogen) atoms. The van der Waals surface area contributed by atoms with E-state index in [1.165, 1.54) is 31.4 Å². The number of methoxy groups -OCH3 is 1. The van der Waals surface area contributed by atoms with Crippen molar-refractivity contribution in [2.24, 2.45) is 0 Å². The second-order valence-electron chi connectivity index (χ2n) is 4.31. The van der Waals surface area contributed by atoms with Crippen LogP contribution in [0.3, 0.4) is 0 Å². The minimum absolute atomic E-state index is 0.0989. The van der Waals surface area contributed by atoms with Gasteiger partial charge in [-0.1, -0.05) is 18.2 Å². The summed E-state index contributed by atoms with van der Waals surface area (Å²) >= 11 is 0. The number of rotatable bonds is 6. The summed E-state index contributed by atoms with van der Waals surface area (Å²) in [6.45, 7) is -0.231. The number of esters is 1. The van der Waals surface area contributed by atoms with Gasteiger partial charge in [0.25, 0.3) is 10.0 Å². The molecule has 0 saturated carbocycles. The van der Waals surface area contributed by atoms with Gasteiger partial charge in [-0.2, -0.15) is 0 Å². The highest BCUT2D eigenvalue weighted by atomic mass is 32.2. The summed E-state index contributed by atoms with van der Waals surface area (Å²) in [6.07, 6.45) is 0. The molecule has 0 radical (unpaired) electrons. The van der Waals surface area contributed by atoms with Crippen molar-refractivity contribution >= 4 is 21.7 Å². The number of ether oxygens (including phenoxy) is 2. The number of carbonyl (C=O) groups excluding carboxylic acids is 1. The van der Waals surface area contributed by atoms with E-state index < -0.39 is 16.0 Å². The topological polar surface area (TPSA) is 81.7 Å². The van der Waals surface area contributed by atoms with E-state index in [9.17, 15) is 13.2 Å². The molecule has 0 atom stereocenters. The first-order valence-electron chi connectivity index (χ1n) is 6.39. The second kappa shape index (κ2) is 6.95. The van der Waals surface area contributed by atoms with Gasteiger partial charge in [0.15, 0.2) is 6.61 Å². The third-order valence-electron chi connectivity index (χ3n) is 2.74. The minimum atomic E-state index is -3.66. The van der Waals surface area contributed by atoms with Crippen molar-refractivity contribution in [3.63, 3.8) is 0 Å². The molecule has 2 aromatic carbocycles. The molecule has 7 heteroatoms. The van der Waals surface area contributed by atoms with E-state index in [0.29, 0.717) is 11.4 Å². The third kappa shape index (κ3) is 4.23. The molecule has 0 aliphatic heterocycles. The Hall–Kier alpha value is -2.54. The standard InChI is InChI=1S/C15H15NO5S/c1-20-15(17)11-21-13-7-9-14(10-8-13)22(18,19)16-12-5-3-2-4-6-12/h2-10,16H,11H2,1H3. The third-order valence-corrected chi connectivity index (χ3v) is 4.14. The van der Waals surface area contributed by atoms with Crippen LogP contribution in [0.25, 0.3) is 0 Å². The van der Waals surface area contributed by atoms with E-state index >= 15 is 0 Å². The van der Waals surface area contributed by atoms with Crippen LogP contribution in [0.1, 0.15) is 0 Å². The molecule has 6 nitrogen and oxygen atoms in total. The lowest BCUT2D eigenvalue weighted by Crippen LogP contribution is -2.14. The first-order valence-corrected chi connectivity index (χ1v) is 7.87. The van der Waals surface area contributed by atoms with Gasteiger partial charge in [-0.3, -0.25) is 4.72 Å². The van der Waals surface area contributed by atoms with Crippen LogP contribution in [0.4, 0.5) is 5.69 Å². The second-order valence-corrected chi connectivity index (χ2v) is 5.99. The van der Waals surface area contributed by atoms with Gasteiger partial charge in [-0.05, 0) is 36.4 Å². The first kappa shape index (κ1) is 15.8. The number of nitrogens with one attached hydrogen (secondary N) is 1. The van der Waals surface area contributed by atoms with Crippen LogP contribution in [0, 0.1) is 0 Å². The molecule has 116 valence electrons. The fourth-order valence-corrected chi connectivity index (χ4v) is 2.70. The summed E-state index contributed by atoms with van der Waals surface area (Å²) in [5.74, 6) is -0.133. The van der Waals surface area contributed by atoms with E-state index in [1.807, 2.05) is 0 Å². The molecule has 2 aromatic rings. The van der Waals surface area contributed by atoms with Gasteiger partial charge in [-0.25, -0.2) is 13.2 Å². The Morgan fingerprint density at radius 2 is 1.68 bits per heavy atom. The molecule has 0 saturated heterocycles. The van der Waals surface area contributed by atoms with Crippen molar-refractivity contribution in [1.29, 1.82) is 0 Å². The molecule has 0 amide bonds. The predicted octanol–water partition coefficient (Wildman–Crippen LogP) is 2.04. The van der Waals surface area contributed by atoms with Crippen molar-refractivity contribution in [1.82, 2.24) is 0 Å². The van der Waals surface area contributed by atoms with Crippen molar-refractivity contribution in [2.45, 2.75) is 4.90 Å². The molecule has 0 fully saturated rings. The van der Waals surface area contributed by atoms with Gasteiger partial charge in [0.05, 0.1) is 12.0 Å². The highest BCUT2D eigenvalue weighted by Crippen LogP contribution is 2.19. The fraction of sp³-hybridized carbons (Fsp3) is 0.133. The molecule has 0 bridgehead atoms. The van der Waals surface area contributed by atoms with Gasteiger partial charge in [0, 0.05) is 5.69 Å². The van der Waals surface area contributed by atoms with Crippen LogP contribution >= 0.6 is 0 Å². The van der Waals surface area contributed by atoms with E-state index in [2.05, 4.69) is 9.46 Å². The van der Waals surface area contributed by atoms with Gasteiger partial charge >= 0.3 is 5.97 Å². The Labute approximate surface area is 128 Å². The normalized spacial score (nSPS) is 10.8. The fourth-order valence-electron chi connectivity index (χ4n) is 1.64. The Morgan fingerprint density at radius 3 is 2.27 bits per heavy atom. The average Bonchev–Trinajstić information content (AvgIpc) is 2.53. The summed E-state index contributed by atoms with van der Waals surface area (Å²) in [6, 6.07) is 14.3. The van der Waals surface area contributed by atoms with Gasteiger partial charge < -0.3 is 9.47 Å². The van der Waals surface area contributed by atoms with Crippen molar-refractivity contribution in [3.8, 4) is 5.75 Å². The zero-order chi connectivity index (χ0) is 16.0. The summed E-state index contributed by atoms with van der Waals surface area (Å²) in [5.41, 5.74) is 0.480. The maximum atomic E-state index is 12.2. The van der Waals surface area contributed by atoms with Crippen molar-refractivity contribution in [2.75, 3.05) is 18.4 Å². The Balaban J connectivity index is 2.07. The van der Waals surface area contributed by atoms with Gasteiger partial charge in [-0.15, -0.1) is 0 Å². The summed E-state index contributed by atoms with van der Waals surface area (Å²) < 4.78 is 36.5. The van der Waals surface area contributed by atoms with Crippen LogP contribution in [-0.2, 0) is 19.6 Å². The molecule has 0 spiro atoms. The lowest BCUT2D eigenvalue weighted by Gasteiger charge is -2.09. The molecule has 0 heterocycles. The van der Waals surface area contributed by atoms with Crippen LogP contribution < -0.4 is 9.46 Å². The smallest absolute Gasteiger partial charge is 0.343 e. The van der Waals surface area contributed by atoms with Crippen LogP contribution in [0.2, 0.25) is 0 Å². The maximum absolute atomic E-state index is 12.2. The zero-order valence-corrected chi connectivity index (χ0v) is 12.7. The van der Waals surface area contributed by atoms with Crippen molar-refractivity contribution in [3.05, 3.63) is 54.6 Å². The average molecular weight is 321 g/mol. The van der Waals surface area contributed by atoms with E-state index in [0.717, 1.165) is 0 Å². The molecule has 0 aliphatic rings. The molecule has 0 unspecified atom stereocenters. The lowest BCUT2D eigenvalue weighted by atomic mass is 10.3. The monoisotopic (exact) mass is 321 g/mol. The van der Waals surface area contributed by atoms with E-state index in [-0.39, 0.29) is 11.5 Å². The highest BCUT2D eigenvalue weighted by molar-refractivity contribution is 7.92. The summed E-state index contributed by atoms with van der Waals surface area (Å²) in [5, 5.41) is 0. The van der Waals surface area contributed by atoms with Crippen molar-refractivity contribution < 1.29 is 22.7 Å². The van der Waals surface area contributed by atoms with Crippen LogP contribution in [0.15, 0.2) is 59.5 Å². The van der Waals surface area contributed by atoms with E-state index in [1.54, 1.807) is 30.3 Å². The van der Waals surface area contributed by atoms with Gasteiger partial charge in [0.2, 0.25) is 0 Å². The highest BCUT2D eigenvalue weighted by Gasteiger charge is 2.14. The summed E-state index contributed by atoms with van der Waals surface area (Å²) in [7, 11) is -2.40. The van der Waals surface area contributed by atoms with Crippen LogP contribution in [-0.4, -0.2) is 28.1 Å². The number of para-hydroxylation sites is 1. The predicted molar refractivity (Wildman–Crippen MR) is 81.2 cm³/mol. The number of hydrogen-bond donors (Lipinski definition) is 1. The number of carbonyl (C=O) groups is 1. The Bertz CT molecular complexity index is 726. The van der Waals surface area contributed by atoms with E-state index in [4.69, 9.17) is 4.74 Å². The largest absolute Gasteiger partial charge is 0.482 e.